The number of nitrogens with zero attached hydrogens (tertiary/aromatic N) is 2. The summed E-state index contributed by atoms with van der Waals surface area (Å²) in [5.74, 6) is 1.02. The molecule has 1 heterocycles. The van der Waals surface area contributed by atoms with Crippen LogP contribution < -0.4 is 14.8 Å². The van der Waals surface area contributed by atoms with Crippen LogP contribution in [0.4, 0.5) is 0 Å². The van der Waals surface area contributed by atoms with Crippen LogP contribution in [-0.4, -0.2) is 30.1 Å². The average molecular weight is 301 g/mol. The summed E-state index contributed by atoms with van der Waals surface area (Å²) in [6.07, 6.45) is 4.45. The van der Waals surface area contributed by atoms with Crippen LogP contribution >= 0.6 is 0 Å². The van der Waals surface area contributed by atoms with Crippen molar-refractivity contribution >= 4 is 5.91 Å². The summed E-state index contributed by atoms with van der Waals surface area (Å²) < 4.78 is 10.6. The number of carbonyl (C=O) groups excluding carboxylic acids is 1. The maximum atomic E-state index is 12.1. The highest BCUT2D eigenvalue weighted by atomic mass is 16.5. The molecule has 22 heavy (non-hydrogen) atoms. The van der Waals surface area contributed by atoms with E-state index in [4.69, 9.17) is 9.47 Å². The van der Waals surface area contributed by atoms with E-state index in [1.165, 1.54) is 18.6 Å². The molecular formula is C16H19N3O3. The number of hydrogen-bond donors (Lipinski definition) is 1. The second-order valence-electron chi connectivity index (χ2n) is 4.85. The van der Waals surface area contributed by atoms with Crippen LogP contribution in [0, 0.1) is 6.92 Å². The summed E-state index contributed by atoms with van der Waals surface area (Å²) in [6.45, 7) is 3.87. The molecule has 0 bridgehead atoms. The van der Waals surface area contributed by atoms with Gasteiger partial charge in [-0.2, -0.15) is 0 Å². The molecule has 1 aromatic carbocycles. The average Bonchev–Trinajstić information content (AvgIpc) is 2.55. The molecule has 2 rings (SSSR count). The van der Waals surface area contributed by atoms with Crippen molar-refractivity contribution in [1.82, 2.24) is 15.3 Å². The van der Waals surface area contributed by atoms with Crippen molar-refractivity contribution in [2.45, 2.75) is 19.9 Å². The number of hydrogen-bond acceptors (Lipinski definition) is 5. The lowest BCUT2D eigenvalue weighted by atomic mass is 10.0. The van der Waals surface area contributed by atoms with Crippen molar-refractivity contribution in [3.8, 4) is 11.5 Å². The van der Waals surface area contributed by atoms with E-state index in [1.54, 1.807) is 14.2 Å². The van der Waals surface area contributed by atoms with Gasteiger partial charge in [0, 0.05) is 12.4 Å². The minimum absolute atomic E-state index is 0.200. The minimum Gasteiger partial charge on any atom is -0.493 e. The van der Waals surface area contributed by atoms with Crippen LogP contribution in [-0.2, 0) is 0 Å². The molecule has 116 valence electrons. The largest absolute Gasteiger partial charge is 0.493 e. The molecule has 6 nitrogen and oxygen atoms in total. The predicted molar refractivity (Wildman–Crippen MR) is 82.2 cm³/mol. The number of ether oxygens (including phenoxy) is 2. The summed E-state index contributed by atoms with van der Waals surface area (Å²) in [5, 5.41) is 2.90. The molecule has 1 N–H and O–H groups in total. The molecule has 1 aromatic heterocycles. The molecule has 0 saturated heterocycles. The monoisotopic (exact) mass is 301 g/mol. The third-order valence-electron chi connectivity index (χ3n) is 3.38. The van der Waals surface area contributed by atoms with Crippen LogP contribution in [0.15, 0.2) is 30.7 Å². The molecule has 0 aliphatic rings. The van der Waals surface area contributed by atoms with E-state index in [0.29, 0.717) is 11.5 Å². The SMILES string of the molecule is COc1cc(C)c(C(C)NC(=O)c2cnccn2)cc1OC. The van der Waals surface area contributed by atoms with Gasteiger partial charge in [0.1, 0.15) is 5.69 Å². The fourth-order valence-electron chi connectivity index (χ4n) is 2.23. The second kappa shape index (κ2) is 6.89. The highest BCUT2D eigenvalue weighted by Gasteiger charge is 2.17. The van der Waals surface area contributed by atoms with Gasteiger partial charge in [0.2, 0.25) is 0 Å². The Balaban J connectivity index is 2.22. The van der Waals surface area contributed by atoms with Crippen LogP contribution in [0.1, 0.15) is 34.6 Å². The van der Waals surface area contributed by atoms with Crippen molar-refractivity contribution in [1.29, 1.82) is 0 Å². The van der Waals surface area contributed by atoms with Crippen LogP contribution in [0.5, 0.6) is 11.5 Å². The van der Waals surface area contributed by atoms with E-state index < -0.39 is 0 Å². The number of aryl methyl sites for hydroxylation is 1. The number of carbonyl (C=O) groups is 1. The first-order valence-electron chi connectivity index (χ1n) is 6.86. The molecule has 6 heteroatoms. The normalized spacial score (nSPS) is 11.6. The molecule has 0 aliphatic heterocycles. The Morgan fingerprint density at radius 3 is 2.45 bits per heavy atom. The summed E-state index contributed by atoms with van der Waals surface area (Å²) in [6, 6.07) is 3.56. The van der Waals surface area contributed by atoms with Gasteiger partial charge in [-0.1, -0.05) is 0 Å². The number of methoxy groups -OCH3 is 2. The third-order valence-corrected chi connectivity index (χ3v) is 3.38. The van der Waals surface area contributed by atoms with E-state index in [-0.39, 0.29) is 17.6 Å². The van der Waals surface area contributed by atoms with Crippen molar-refractivity contribution in [3.05, 3.63) is 47.5 Å². The van der Waals surface area contributed by atoms with Gasteiger partial charge in [0.25, 0.3) is 5.91 Å². The van der Waals surface area contributed by atoms with Crippen LogP contribution in [0.2, 0.25) is 0 Å². The lowest BCUT2D eigenvalue weighted by Crippen LogP contribution is -2.28. The van der Waals surface area contributed by atoms with Gasteiger partial charge >= 0.3 is 0 Å². The summed E-state index contributed by atoms with van der Waals surface area (Å²) >= 11 is 0. The van der Waals surface area contributed by atoms with Crippen molar-refractivity contribution in [2.24, 2.45) is 0 Å². The maximum Gasteiger partial charge on any atom is 0.271 e. The molecule has 0 spiro atoms. The van der Waals surface area contributed by atoms with Gasteiger partial charge in [-0.05, 0) is 37.1 Å². The highest BCUT2D eigenvalue weighted by molar-refractivity contribution is 5.92. The molecule has 2 aromatic rings. The Morgan fingerprint density at radius 2 is 1.86 bits per heavy atom. The van der Waals surface area contributed by atoms with Gasteiger partial charge < -0.3 is 14.8 Å². The van der Waals surface area contributed by atoms with Crippen molar-refractivity contribution in [2.75, 3.05) is 14.2 Å². The van der Waals surface area contributed by atoms with E-state index in [9.17, 15) is 4.79 Å². The van der Waals surface area contributed by atoms with Gasteiger partial charge in [-0.25, -0.2) is 4.98 Å². The summed E-state index contributed by atoms with van der Waals surface area (Å²) in [5.41, 5.74) is 2.24. The molecular weight excluding hydrogens is 282 g/mol. The zero-order valence-corrected chi connectivity index (χ0v) is 13.1. The fraction of sp³-hybridized carbons (Fsp3) is 0.312. The van der Waals surface area contributed by atoms with Crippen LogP contribution in [0.3, 0.4) is 0 Å². The van der Waals surface area contributed by atoms with Gasteiger partial charge in [-0.15, -0.1) is 0 Å². The molecule has 0 saturated carbocycles. The zero-order valence-electron chi connectivity index (χ0n) is 13.1. The molecule has 1 atom stereocenters. The maximum absolute atomic E-state index is 12.1. The lowest BCUT2D eigenvalue weighted by Gasteiger charge is -2.19. The first-order chi connectivity index (χ1) is 10.6. The lowest BCUT2D eigenvalue weighted by molar-refractivity contribution is 0.0934. The Hall–Kier alpha value is -2.63. The van der Waals surface area contributed by atoms with E-state index in [1.807, 2.05) is 26.0 Å². The highest BCUT2D eigenvalue weighted by Crippen LogP contribution is 2.32. The number of amides is 1. The Bertz CT molecular complexity index is 659. The van der Waals surface area contributed by atoms with Crippen molar-refractivity contribution in [3.63, 3.8) is 0 Å². The Morgan fingerprint density at radius 1 is 1.18 bits per heavy atom. The standard InChI is InChI=1S/C16H19N3O3/c1-10-7-14(21-3)15(22-4)8-12(10)11(2)19-16(20)13-9-17-5-6-18-13/h5-9,11H,1-4H3,(H,19,20). The number of nitrogens with one attached hydrogen (secondary N) is 1. The summed E-state index contributed by atoms with van der Waals surface area (Å²) in [7, 11) is 3.18. The molecule has 0 radical (unpaired) electrons. The smallest absolute Gasteiger partial charge is 0.271 e. The Kier molecular flexibility index (Phi) is 4.93. The van der Waals surface area contributed by atoms with Crippen molar-refractivity contribution < 1.29 is 14.3 Å². The molecule has 1 amide bonds. The Labute approximate surface area is 129 Å². The van der Waals surface area contributed by atoms with Crippen LogP contribution in [0.25, 0.3) is 0 Å². The molecule has 1 unspecified atom stereocenters. The zero-order chi connectivity index (χ0) is 16.1. The van der Waals surface area contributed by atoms with E-state index in [2.05, 4.69) is 15.3 Å². The minimum atomic E-state index is -0.269. The first kappa shape index (κ1) is 15.8. The van der Waals surface area contributed by atoms with Gasteiger partial charge in [-0.3, -0.25) is 9.78 Å². The van der Waals surface area contributed by atoms with E-state index in [0.717, 1.165) is 11.1 Å². The molecule has 0 fully saturated rings. The molecule has 0 aliphatic carbocycles. The quantitative estimate of drug-likeness (QED) is 0.917. The predicted octanol–water partition coefficient (Wildman–Crippen LogP) is 2.29. The third kappa shape index (κ3) is 3.33. The number of benzene rings is 1. The number of aromatic nitrogens is 2. The fourth-order valence-corrected chi connectivity index (χ4v) is 2.23. The van der Waals surface area contributed by atoms with E-state index >= 15 is 0 Å². The van der Waals surface area contributed by atoms with Gasteiger partial charge in [0.15, 0.2) is 11.5 Å². The topological polar surface area (TPSA) is 73.3 Å². The second-order valence-corrected chi connectivity index (χ2v) is 4.85. The number of rotatable bonds is 5. The summed E-state index contributed by atoms with van der Waals surface area (Å²) in [4.78, 5) is 20.0. The van der Waals surface area contributed by atoms with Gasteiger partial charge in [0.05, 0.1) is 26.5 Å². The first-order valence-corrected chi connectivity index (χ1v) is 6.86.